The van der Waals surface area contributed by atoms with E-state index in [1.807, 2.05) is 0 Å². The summed E-state index contributed by atoms with van der Waals surface area (Å²) < 4.78 is 5.89. The average Bonchev–Trinajstić information content (AvgIpc) is 2.25. The first-order valence-electron chi connectivity index (χ1n) is 8.39. The monoisotopic (exact) mass is 500 g/mol. The van der Waals surface area contributed by atoms with Crippen molar-refractivity contribution in [3.05, 3.63) is 0 Å². The minimum Gasteiger partial charge on any atom is -0.345 e. The largest absolute Gasteiger partial charge is 0.345 e. The van der Waals surface area contributed by atoms with Gasteiger partial charge in [0.15, 0.2) is 17.9 Å². The van der Waals surface area contributed by atoms with Gasteiger partial charge >= 0.3 is 0 Å². The van der Waals surface area contributed by atoms with Gasteiger partial charge in [0, 0.05) is 0 Å². The molecule has 0 saturated carbocycles. The fourth-order valence-electron chi connectivity index (χ4n) is 2.78. The third kappa shape index (κ3) is 10.7. The van der Waals surface area contributed by atoms with E-state index in [1.165, 1.54) is 0 Å². The Labute approximate surface area is 166 Å². The van der Waals surface area contributed by atoms with Crippen LogP contribution in [0.1, 0.15) is 0 Å². The molecule has 0 aliphatic rings. The SMILES string of the molecule is C[Si](C)(C)N([Si]=PP=PP=[Si]N([Si](C)(C)C)[Si](C)(C)C)[Si](C)(C)C. The first-order chi connectivity index (χ1) is 10.5. The molecule has 2 nitrogen and oxygen atoms in total. The standard InChI is InChI=1S/C12H36N2P4Si6/c1-21(2,3)13(22(4,5)6)19-17-15-16-18-20-14(23(7,8)9)24(10,11)12/h1-12H3. The third-order valence-corrected chi connectivity index (χ3v) is 42.4. The maximum atomic E-state index is 2.94. The lowest BCUT2D eigenvalue weighted by Gasteiger charge is -2.40. The summed E-state index contributed by atoms with van der Waals surface area (Å²) in [6.07, 6.45) is 0. The Hall–Kier alpha value is 2.42. The maximum absolute atomic E-state index is 2.94. The highest BCUT2D eigenvalue weighted by Crippen LogP contribution is 2.38. The van der Waals surface area contributed by atoms with Gasteiger partial charge in [-0.15, -0.1) is 0 Å². The van der Waals surface area contributed by atoms with Gasteiger partial charge in [-0.25, -0.2) is 0 Å². The van der Waals surface area contributed by atoms with Gasteiger partial charge in [0.2, 0.25) is 0 Å². The van der Waals surface area contributed by atoms with Crippen molar-refractivity contribution in [3.63, 3.8) is 0 Å². The van der Waals surface area contributed by atoms with E-state index < -0.39 is 32.9 Å². The molecule has 0 fully saturated rings. The highest BCUT2D eigenvalue weighted by Gasteiger charge is 2.33. The van der Waals surface area contributed by atoms with Crippen molar-refractivity contribution in [1.29, 1.82) is 0 Å². The molecule has 0 atom stereocenters. The van der Waals surface area contributed by atoms with Crippen molar-refractivity contribution in [2.45, 2.75) is 78.6 Å². The van der Waals surface area contributed by atoms with Crippen LogP contribution in [0.5, 0.6) is 0 Å². The van der Waals surface area contributed by atoms with Gasteiger partial charge in [-0.1, -0.05) is 93.4 Å². The van der Waals surface area contributed by atoms with Crippen LogP contribution < -0.4 is 0 Å². The van der Waals surface area contributed by atoms with E-state index in [4.69, 9.17) is 0 Å². The molecule has 0 aromatic heterocycles. The molecule has 0 rings (SSSR count). The fraction of sp³-hybridized carbons (Fsp3) is 1.00. The van der Waals surface area contributed by atoms with Crippen LogP contribution in [0.3, 0.4) is 0 Å². The summed E-state index contributed by atoms with van der Waals surface area (Å²) in [6, 6.07) is 0. The van der Waals surface area contributed by atoms with Crippen molar-refractivity contribution in [3.8, 4) is 0 Å². The lowest BCUT2D eigenvalue weighted by atomic mass is 11.8. The minimum atomic E-state index is -1.16. The Morgan fingerprint density at radius 2 is 0.667 bits per heavy atom. The van der Waals surface area contributed by atoms with Crippen LogP contribution in [0, 0.1) is 0 Å². The van der Waals surface area contributed by atoms with Crippen molar-refractivity contribution in [1.82, 2.24) is 7.79 Å². The van der Waals surface area contributed by atoms with Crippen LogP contribution in [0.4, 0.5) is 0 Å². The van der Waals surface area contributed by atoms with Gasteiger partial charge in [0.1, 0.15) is 32.9 Å². The lowest BCUT2D eigenvalue weighted by Crippen LogP contribution is -2.58. The molecule has 0 aromatic carbocycles. The first kappa shape index (κ1) is 26.4. The average molecular weight is 501 g/mol. The molecule has 0 aromatic rings. The van der Waals surface area contributed by atoms with Gasteiger partial charge in [0.05, 0.1) is 0 Å². The number of nitrogens with zero attached hydrogens (tertiary/aromatic N) is 2. The fourth-order valence-corrected chi connectivity index (χ4v) is 54.5. The van der Waals surface area contributed by atoms with E-state index in [0.29, 0.717) is 0 Å². The lowest BCUT2D eigenvalue weighted by molar-refractivity contribution is 0.970. The molecular formula is C12H36N2P4Si6. The van der Waals surface area contributed by atoms with E-state index in [0.717, 1.165) is 17.9 Å². The quantitative estimate of drug-likeness (QED) is 0.251. The van der Waals surface area contributed by atoms with Crippen LogP contribution >= 0.6 is 29.9 Å². The zero-order valence-electron chi connectivity index (χ0n) is 17.7. The van der Waals surface area contributed by atoms with Crippen molar-refractivity contribution in [2.75, 3.05) is 0 Å². The summed E-state index contributed by atoms with van der Waals surface area (Å²) in [7, 11) is 3.92. The normalized spacial score (nSPS) is 15.8. The molecule has 0 bridgehead atoms. The minimum absolute atomic E-state index is 1.02. The van der Waals surface area contributed by atoms with Gasteiger partial charge < -0.3 is 7.79 Å². The van der Waals surface area contributed by atoms with Crippen LogP contribution in [0.25, 0.3) is 0 Å². The number of hydrogen-bond acceptors (Lipinski definition) is 0. The molecule has 0 N–H and O–H groups in total. The van der Waals surface area contributed by atoms with Crippen LogP contribution in [-0.2, 0) is 0 Å². The molecule has 0 spiro atoms. The molecule has 0 aliphatic carbocycles. The summed E-state index contributed by atoms with van der Waals surface area (Å²) in [4.78, 5) is 0. The topological polar surface area (TPSA) is 6.48 Å². The zero-order chi connectivity index (χ0) is 19.4. The van der Waals surface area contributed by atoms with E-state index >= 15 is 0 Å². The van der Waals surface area contributed by atoms with Crippen LogP contribution in [-0.4, -0.2) is 58.6 Å². The number of rotatable bonds is 8. The Bertz CT molecular complexity index is 414. The van der Waals surface area contributed by atoms with Crippen LogP contribution in [0.2, 0.25) is 78.6 Å². The van der Waals surface area contributed by atoms with Crippen LogP contribution in [0.15, 0.2) is 0 Å². The van der Waals surface area contributed by atoms with Gasteiger partial charge in [-0.3, -0.25) is 0 Å². The molecule has 0 unspecified atom stereocenters. The molecular weight excluding hydrogens is 465 g/mol. The van der Waals surface area contributed by atoms with E-state index in [2.05, 4.69) is 86.4 Å². The summed E-state index contributed by atoms with van der Waals surface area (Å²) >= 11 is 0. The van der Waals surface area contributed by atoms with E-state index in [-0.39, 0.29) is 0 Å². The van der Waals surface area contributed by atoms with E-state index in [9.17, 15) is 0 Å². The van der Waals surface area contributed by atoms with E-state index in [1.54, 1.807) is 29.9 Å². The zero-order valence-corrected chi connectivity index (χ0v) is 27.3. The third-order valence-electron chi connectivity index (χ3n) is 3.10. The summed E-state index contributed by atoms with van der Waals surface area (Å²) in [6.45, 7) is 30.2. The summed E-state index contributed by atoms with van der Waals surface area (Å²) in [5, 5.41) is 0. The molecule has 0 heterocycles. The predicted octanol–water partition coefficient (Wildman–Crippen LogP) is 7.53. The van der Waals surface area contributed by atoms with Gasteiger partial charge in [0.25, 0.3) is 0 Å². The first-order valence-corrected chi connectivity index (χ1v) is 31.4. The highest BCUT2D eigenvalue weighted by atomic mass is 32.4. The molecule has 0 saturated heterocycles. The Kier molecular flexibility index (Phi) is 11.3. The molecule has 138 valence electrons. The molecule has 0 amide bonds. The Morgan fingerprint density at radius 3 is 0.833 bits per heavy atom. The maximum Gasteiger partial charge on any atom is 0.153 e. The number of hydrogen-bond donors (Lipinski definition) is 0. The highest BCUT2D eigenvalue weighted by molar-refractivity contribution is 8.41. The van der Waals surface area contributed by atoms with Gasteiger partial charge in [-0.2, -0.15) is 0 Å². The summed E-state index contributed by atoms with van der Waals surface area (Å²) in [5.41, 5.74) is 0. The van der Waals surface area contributed by atoms with Crippen molar-refractivity contribution >= 4 is 80.7 Å². The van der Waals surface area contributed by atoms with Crippen molar-refractivity contribution < 1.29 is 0 Å². The smallest absolute Gasteiger partial charge is 0.153 e. The van der Waals surface area contributed by atoms with Gasteiger partial charge in [-0.05, 0) is 15.1 Å². The molecule has 0 aliphatic heterocycles. The molecule has 12 heteroatoms. The Morgan fingerprint density at radius 1 is 0.458 bits per heavy atom. The second-order valence-electron chi connectivity index (χ2n) is 9.93. The second kappa shape index (κ2) is 10.3. The summed E-state index contributed by atoms with van der Waals surface area (Å²) in [5.74, 6) is 0. The Balaban J connectivity index is 5.04. The van der Waals surface area contributed by atoms with Crippen molar-refractivity contribution in [2.24, 2.45) is 0 Å². The molecule has 2 radical (unpaired) electrons. The second-order valence-corrected chi connectivity index (χ2v) is 44.1. The predicted molar refractivity (Wildman–Crippen MR) is 136 cm³/mol. The molecule has 24 heavy (non-hydrogen) atoms.